The average molecular weight is 146 g/mol. The molecule has 10 heavy (non-hydrogen) atoms. The van der Waals surface area contributed by atoms with Gasteiger partial charge in [-0.25, -0.2) is 4.39 Å². The van der Waals surface area contributed by atoms with E-state index in [1.807, 2.05) is 0 Å². The molecule has 1 aliphatic rings. The lowest BCUT2D eigenvalue weighted by molar-refractivity contribution is 0.00344. The zero-order valence-corrected chi connectivity index (χ0v) is 6.64. The number of hydrogen-bond acceptors (Lipinski definition) is 1. The molecule has 0 aromatic rings. The molecule has 0 bridgehead atoms. The van der Waals surface area contributed by atoms with Crippen LogP contribution >= 0.6 is 0 Å². The van der Waals surface area contributed by atoms with Crippen molar-refractivity contribution in [2.75, 3.05) is 7.11 Å². The van der Waals surface area contributed by atoms with E-state index in [4.69, 9.17) is 4.74 Å². The van der Waals surface area contributed by atoms with E-state index in [1.54, 1.807) is 7.11 Å². The molecule has 0 amide bonds. The van der Waals surface area contributed by atoms with Gasteiger partial charge < -0.3 is 4.74 Å². The summed E-state index contributed by atoms with van der Waals surface area (Å²) in [6, 6.07) is 0. The zero-order chi connectivity index (χ0) is 7.56. The lowest BCUT2D eigenvalue weighted by atomic mass is 9.87. The molecule has 1 fully saturated rings. The molecule has 1 rings (SSSR count). The molecule has 0 heterocycles. The number of methoxy groups -OCH3 is 1. The van der Waals surface area contributed by atoms with Crippen LogP contribution in [-0.2, 0) is 4.74 Å². The summed E-state index contributed by atoms with van der Waals surface area (Å²) in [5.41, 5.74) is 0. The van der Waals surface area contributed by atoms with Gasteiger partial charge >= 0.3 is 0 Å². The average Bonchev–Trinajstić information content (AvgIpc) is 1.94. The highest BCUT2D eigenvalue weighted by molar-refractivity contribution is 4.77. The maximum Gasteiger partial charge on any atom is 0.103 e. The first-order chi connectivity index (χ1) is 4.74. The SMILES string of the molecule is COC1CC(F)CCC1C. The molecule has 0 saturated heterocycles. The summed E-state index contributed by atoms with van der Waals surface area (Å²) in [7, 11) is 1.67. The summed E-state index contributed by atoms with van der Waals surface area (Å²) >= 11 is 0. The van der Waals surface area contributed by atoms with Crippen molar-refractivity contribution in [3.05, 3.63) is 0 Å². The largest absolute Gasteiger partial charge is 0.381 e. The quantitative estimate of drug-likeness (QED) is 0.550. The topological polar surface area (TPSA) is 9.23 Å². The number of hydrogen-bond donors (Lipinski definition) is 0. The Morgan fingerprint density at radius 1 is 1.40 bits per heavy atom. The molecule has 0 aromatic heterocycles. The van der Waals surface area contributed by atoms with Crippen molar-refractivity contribution in [2.45, 2.75) is 38.5 Å². The van der Waals surface area contributed by atoms with Gasteiger partial charge in [-0.3, -0.25) is 0 Å². The van der Waals surface area contributed by atoms with Gasteiger partial charge in [0, 0.05) is 13.5 Å². The Bertz CT molecular complexity index is 105. The Balaban J connectivity index is 2.38. The van der Waals surface area contributed by atoms with E-state index in [2.05, 4.69) is 6.92 Å². The lowest BCUT2D eigenvalue weighted by Crippen LogP contribution is -2.29. The summed E-state index contributed by atoms with van der Waals surface area (Å²) in [6.45, 7) is 2.13. The third kappa shape index (κ3) is 1.69. The fourth-order valence-corrected chi connectivity index (χ4v) is 1.56. The molecular formula is C8H15FO. The molecule has 0 N–H and O–H groups in total. The Kier molecular flexibility index (Phi) is 2.66. The first kappa shape index (κ1) is 7.99. The number of rotatable bonds is 1. The second-order valence-corrected chi connectivity index (χ2v) is 3.16. The summed E-state index contributed by atoms with van der Waals surface area (Å²) in [5.74, 6) is 0.539. The molecule has 1 aliphatic carbocycles. The Hall–Kier alpha value is -0.110. The minimum atomic E-state index is -0.624. The van der Waals surface area contributed by atoms with Crippen LogP contribution in [0, 0.1) is 5.92 Å². The summed E-state index contributed by atoms with van der Waals surface area (Å²) in [4.78, 5) is 0. The van der Waals surface area contributed by atoms with Crippen molar-refractivity contribution >= 4 is 0 Å². The van der Waals surface area contributed by atoms with Crippen LogP contribution in [0.25, 0.3) is 0 Å². The van der Waals surface area contributed by atoms with Crippen molar-refractivity contribution in [1.29, 1.82) is 0 Å². The Labute approximate surface area is 61.6 Å². The van der Waals surface area contributed by atoms with E-state index in [9.17, 15) is 4.39 Å². The van der Waals surface area contributed by atoms with Crippen LogP contribution < -0.4 is 0 Å². The van der Waals surface area contributed by atoms with Crippen molar-refractivity contribution in [1.82, 2.24) is 0 Å². The molecule has 2 heteroatoms. The van der Waals surface area contributed by atoms with Gasteiger partial charge in [-0.05, 0) is 18.8 Å². The Morgan fingerprint density at radius 2 is 2.10 bits per heavy atom. The normalized spacial score (nSPS) is 41.7. The molecule has 3 unspecified atom stereocenters. The molecule has 0 aromatic carbocycles. The maximum atomic E-state index is 12.7. The van der Waals surface area contributed by atoms with E-state index in [0.717, 1.165) is 12.8 Å². The van der Waals surface area contributed by atoms with Crippen LogP contribution in [0.3, 0.4) is 0 Å². The second kappa shape index (κ2) is 3.33. The molecule has 1 saturated carbocycles. The molecule has 0 aliphatic heterocycles. The highest BCUT2D eigenvalue weighted by Crippen LogP contribution is 2.27. The second-order valence-electron chi connectivity index (χ2n) is 3.16. The van der Waals surface area contributed by atoms with Crippen LogP contribution in [0.5, 0.6) is 0 Å². The minimum Gasteiger partial charge on any atom is -0.381 e. The van der Waals surface area contributed by atoms with E-state index in [0.29, 0.717) is 12.3 Å². The standard InChI is InChI=1S/C8H15FO/c1-6-3-4-7(9)5-8(6)10-2/h6-8H,3-5H2,1-2H3. The lowest BCUT2D eigenvalue weighted by Gasteiger charge is -2.29. The van der Waals surface area contributed by atoms with Crippen LogP contribution in [-0.4, -0.2) is 19.4 Å². The monoisotopic (exact) mass is 146 g/mol. The molecule has 60 valence electrons. The van der Waals surface area contributed by atoms with Crippen molar-refractivity contribution < 1.29 is 9.13 Å². The van der Waals surface area contributed by atoms with Gasteiger partial charge in [-0.15, -0.1) is 0 Å². The van der Waals surface area contributed by atoms with Gasteiger partial charge in [0.05, 0.1) is 6.10 Å². The summed E-state index contributed by atoms with van der Waals surface area (Å²) in [5, 5.41) is 0. The third-order valence-corrected chi connectivity index (χ3v) is 2.36. The fourth-order valence-electron chi connectivity index (χ4n) is 1.56. The zero-order valence-electron chi connectivity index (χ0n) is 6.64. The maximum absolute atomic E-state index is 12.7. The number of halogens is 1. The Morgan fingerprint density at radius 3 is 2.60 bits per heavy atom. The number of alkyl halides is 1. The van der Waals surface area contributed by atoms with Crippen LogP contribution in [0.1, 0.15) is 26.2 Å². The first-order valence-corrected chi connectivity index (χ1v) is 3.91. The van der Waals surface area contributed by atoms with Gasteiger partial charge in [0.2, 0.25) is 0 Å². The van der Waals surface area contributed by atoms with E-state index < -0.39 is 6.17 Å². The highest BCUT2D eigenvalue weighted by atomic mass is 19.1. The molecule has 1 nitrogen and oxygen atoms in total. The van der Waals surface area contributed by atoms with Crippen molar-refractivity contribution in [2.24, 2.45) is 5.92 Å². The number of ether oxygens (including phenoxy) is 1. The molecule has 0 spiro atoms. The van der Waals surface area contributed by atoms with E-state index >= 15 is 0 Å². The van der Waals surface area contributed by atoms with Crippen LogP contribution in [0.15, 0.2) is 0 Å². The molecular weight excluding hydrogens is 131 g/mol. The van der Waals surface area contributed by atoms with Gasteiger partial charge in [0.1, 0.15) is 6.17 Å². The minimum absolute atomic E-state index is 0.156. The predicted octanol–water partition coefficient (Wildman–Crippen LogP) is 2.16. The van der Waals surface area contributed by atoms with E-state index in [1.165, 1.54) is 0 Å². The first-order valence-electron chi connectivity index (χ1n) is 3.91. The predicted molar refractivity (Wildman–Crippen MR) is 38.7 cm³/mol. The smallest absolute Gasteiger partial charge is 0.103 e. The van der Waals surface area contributed by atoms with Crippen molar-refractivity contribution in [3.63, 3.8) is 0 Å². The van der Waals surface area contributed by atoms with Gasteiger partial charge in [-0.2, -0.15) is 0 Å². The third-order valence-electron chi connectivity index (χ3n) is 2.36. The summed E-state index contributed by atoms with van der Waals surface area (Å²) < 4.78 is 17.8. The van der Waals surface area contributed by atoms with Crippen molar-refractivity contribution in [3.8, 4) is 0 Å². The van der Waals surface area contributed by atoms with Crippen LogP contribution in [0.4, 0.5) is 4.39 Å². The fraction of sp³-hybridized carbons (Fsp3) is 1.00. The van der Waals surface area contributed by atoms with E-state index in [-0.39, 0.29) is 6.10 Å². The highest BCUT2D eigenvalue weighted by Gasteiger charge is 2.26. The van der Waals surface area contributed by atoms with Gasteiger partial charge in [0.15, 0.2) is 0 Å². The van der Waals surface area contributed by atoms with Crippen LogP contribution in [0.2, 0.25) is 0 Å². The van der Waals surface area contributed by atoms with Gasteiger partial charge in [0.25, 0.3) is 0 Å². The van der Waals surface area contributed by atoms with Gasteiger partial charge in [-0.1, -0.05) is 6.92 Å². The molecule has 3 atom stereocenters. The summed E-state index contributed by atoms with van der Waals surface area (Å²) in [6.07, 6.45) is 1.82. The molecule has 0 radical (unpaired) electrons.